The second-order valence-electron chi connectivity index (χ2n) is 3.79. The molecule has 2 N–H and O–H groups in total. The standard InChI is InChI=1S/C10H15N3O3/c1-7(5-8(2)14)12-10-6-9(13(15)16)3-4-11-10/h3-4,6-8,14H,5H2,1-2H3,(H,11,12). The largest absolute Gasteiger partial charge is 0.393 e. The molecule has 6 heteroatoms. The van der Waals surface area contributed by atoms with Gasteiger partial charge in [-0.25, -0.2) is 4.98 Å². The average Bonchev–Trinajstić information content (AvgIpc) is 2.16. The molecule has 0 aliphatic rings. The molecular weight excluding hydrogens is 210 g/mol. The predicted molar refractivity (Wildman–Crippen MR) is 60.3 cm³/mol. The van der Waals surface area contributed by atoms with Gasteiger partial charge >= 0.3 is 0 Å². The van der Waals surface area contributed by atoms with E-state index in [9.17, 15) is 15.2 Å². The average molecular weight is 225 g/mol. The van der Waals surface area contributed by atoms with Gasteiger partial charge in [-0.05, 0) is 20.3 Å². The number of aromatic nitrogens is 1. The molecule has 2 unspecified atom stereocenters. The Morgan fingerprint density at radius 2 is 2.31 bits per heavy atom. The molecule has 1 aromatic rings. The molecule has 2 atom stereocenters. The summed E-state index contributed by atoms with van der Waals surface area (Å²) in [6.07, 6.45) is 1.53. The zero-order chi connectivity index (χ0) is 12.1. The summed E-state index contributed by atoms with van der Waals surface area (Å²) < 4.78 is 0. The fourth-order valence-electron chi connectivity index (χ4n) is 1.43. The van der Waals surface area contributed by atoms with Crippen molar-refractivity contribution in [1.82, 2.24) is 4.98 Å². The van der Waals surface area contributed by atoms with Crippen LogP contribution < -0.4 is 5.32 Å². The number of aliphatic hydroxyl groups is 1. The van der Waals surface area contributed by atoms with Crippen LogP contribution >= 0.6 is 0 Å². The summed E-state index contributed by atoms with van der Waals surface area (Å²) in [6.45, 7) is 3.58. The molecule has 0 amide bonds. The van der Waals surface area contributed by atoms with E-state index < -0.39 is 11.0 Å². The Hall–Kier alpha value is -1.69. The molecule has 1 rings (SSSR count). The highest BCUT2D eigenvalue weighted by atomic mass is 16.6. The Balaban J connectivity index is 2.66. The van der Waals surface area contributed by atoms with E-state index in [1.807, 2.05) is 6.92 Å². The van der Waals surface area contributed by atoms with Crippen LogP contribution in [0.3, 0.4) is 0 Å². The summed E-state index contributed by atoms with van der Waals surface area (Å²) in [6, 6.07) is 2.72. The van der Waals surface area contributed by atoms with Gasteiger partial charge in [-0.2, -0.15) is 0 Å². The lowest BCUT2D eigenvalue weighted by Gasteiger charge is -2.15. The summed E-state index contributed by atoms with van der Waals surface area (Å²) >= 11 is 0. The highest BCUT2D eigenvalue weighted by Crippen LogP contribution is 2.15. The van der Waals surface area contributed by atoms with E-state index in [1.165, 1.54) is 18.3 Å². The molecule has 16 heavy (non-hydrogen) atoms. The van der Waals surface area contributed by atoms with E-state index in [4.69, 9.17) is 0 Å². The van der Waals surface area contributed by atoms with Crippen molar-refractivity contribution in [2.75, 3.05) is 5.32 Å². The first-order valence-corrected chi connectivity index (χ1v) is 5.04. The number of nitrogens with one attached hydrogen (secondary N) is 1. The van der Waals surface area contributed by atoms with Gasteiger partial charge in [-0.15, -0.1) is 0 Å². The van der Waals surface area contributed by atoms with E-state index in [2.05, 4.69) is 10.3 Å². The number of aliphatic hydroxyl groups excluding tert-OH is 1. The van der Waals surface area contributed by atoms with Crippen molar-refractivity contribution in [3.8, 4) is 0 Å². The topological polar surface area (TPSA) is 88.3 Å². The van der Waals surface area contributed by atoms with Crippen LogP contribution in [0.1, 0.15) is 20.3 Å². The van der Waals surface area contributed by atoms with Crippen molar-refractivity contribution >= 4 is 11.5 Å². The number of nitro groups is 1. The maximum Gasteiger partial charge on any atom is 0.274 e. The summed E-state index contributed by atoms with van der Waals surface area (Å²) in [5, 5.41) is 22.7. The van der Waals surface area contributed by atoms with E-state index in [0.717, 1.165) is 0 Å². The van der Waals surface area contributed by atoms with E-state index in [0.29, 0.717) is 12.2 Å². The molecule has 0 aromatic carbocycles. The first kappa shape index (κ1) is 12.4. The molecule has 0 saturated carbocycles. The van der Waals surface area contributed by atoms with Gasteiger partial charge in [0, 0.05) is 18.3 Å². The molecule has 6 nitrogen and oxygen atoms in total. The molecule has 1 aromatic heterocycles. The minimum absolute atomic E-state index is 0.00162. The Morgan fingerprint density at radius 3 is 2.88 bits per heavy atom. The molecule has 0 fully saturated rings. The van der Waals surface area contributed by atoms with Crippen molar-refractivity contribution < 1.29 is 10.0 Å². The number of anilines is 1. The van der Waals surface area contributed by atoms with Crippen LogP contribution in [0.15, 0.2) is 18.3 Å². The van der Waals surface area contributed by atoms with Gasteiger partial charge in [-0.1, -0.05) is 0 Å². The fourth-order valence-corrected chi connectivity index (χ4v) is 1.43. The van der Waals surface area contributed by atoms with Gasteiger partial charge in [0.2, 0.25) is 0 Å². The molecular formula is C10H15N3O3. The minimum Gasteiger partial charge on any atom is -0.393 e. The highest BCUT2D eigenvalue weighted by Gasteiger charge is 2.10. The van der Waals surface area contributed by atoms with Crippen LogP contribution in [0.25, 0.3) is 0 Å². The molecule has 0 spiro atoms. The van der Waals surface area contributed by atoms with Crippen LogP contribution in [0.2, 0.25) is 0 Å². The van der Waals surface area contributed by atoms with E-state index in [1.54, 1.807) is 6.92 Å². The van der Waals surface area contributed by atoms with Gasteiger partial charge in [0.15, 0.2) is 0 Å². The maximum atomic E-state index is 10.5. The van der Waals surface area contributed by atoms with Crippen LogP contribution in [-0.2, 0) is 0 Å². The maximum absolute atomic E-state index is 10.5. The number of hydrogen-bond donors (Lipinski definition) is 2. The molecule has 0 aliphatic heterocycles. The van der Waals surface area contributed by atoms with Gasteiger partial charge in [0.25, 0.3) is 5.69 Å². The summed E-state index contributed by atoms with van der Waals surface area (Å²) in [4.78, 5) is 14.0. The molecule has 88 valence electrons. The van der Waals surface area contributed by atoms with Crippen LogP contribution in [-0.4, -0.2) is 27.2 Å². The Kier molecular flexibility index (Phi) is 4.19. The third-order valence-electron chi connectivity index (χ3n) is 2.04. The molecule has 0 aliphatic carbocycles. The third-order valence-corrected chi connectivity index (χ3v) is 2.04. The van der Waals surface area contributed by atoms with E-state index in [-0.39, 0.29) is 11.7 Å². The Morgan fingerprint density at radius 1 is 1.62 bits per heavy atom. The molecule has 0 saturated heterocycles. The Labute approximate surface area is 93.5 Å². The first-order valence-electron chi connectivity index (χ1n) is 5.04. The smallest absolute Gasteiger partial charge is 0.274 e. The zero-order valence-corrected chi connectivity index (χ0v) is 9.25. The van der Waals surface area contributed by atoms with Crippen molar-refractivity contribution in [2.45, 2.75) is 32.4 Å². The van der Waals surface area contributed by atoms with Crippen molar-refractivity contribution in [3.05, 3.63) is 28.4 Å². The number of hydrogen-bond acceptors (Lipinski definition) is 5. The lowest BCUT2D eigenvalue weighted by molar-refractivity contribution is -0.384. The SMILES string of the molecule is CC(O)CC(C)Nc1cc([N+](=O)[O-])ccn1. The monoisotopic (exact) mass is 225 g/mol. The van der Waals surface area contributed by atoms with Crippen LogP contribution in [0, 0.1) is 10.1 Å². The third kappa shape index (κ3) is 3.82. The molecule has 1 heterocycles. The normalized spacial score (nSPS) is 14.2. The second kappa shape index (κ2) is 5.41. The van der Waals surface area contributed by atoms with Gasteiger partial charge in [-0.3, -0.25) is 10.1 Å². The number of nitrogens with zero attached hydrogens (tertiary/aromatic N) is 2. The highest BCUT2D eigenvalue weighted by molar-refractivity contribution is 5.44. The Bertz CT molecular complexity index is 368. The predicted octanol–water partition coefficient (Wildman–Crippen LogP) is 1.56. The number of rotatable bonds is 5. The van der Waals surface area contributed by atoms with Crippen molar-refractivity contribution in [3.63, 3.8) is 0 Å². The molecule has 0 bridgehead atoms. The van der Waals surface area contributed by atoms with E-state index >= 15 is 0 Å². The summed E-state index contributed by atoms with van der Waals surface area (Å²) in [5.41, 5.74) is 0.00162. The zero-order valence-electron chi connectivity index (χ0n) is 9.25. The summed E-state index contributed by atoms with van der Waals surface area (Å²) in [5.74, 6) is 0.447. The van der Waals surface area contributed by atoms with Gasteiger partial charge in [0.1, 0.15) is 5.82 Å². The van der Waals surface area contributed by atoms with Crippen molar-refractivity contribution in [1.29, 1.82) is 0 Å². The quantitative estimate of drug-likeness (QED) is 0.586. The van der Waals surface area contributed by atoms with Gasteiger partial charge < -0.3 is 10.4 Å². The van der Waals surface area contributed by atoms with Crippen LogP contribution in [0.5, 0.6) is 0 Å². The van der Waals surface area contributed by atoms with Crippen molar-refractivity contribution in [2.24, 2.45) is 0 Å². The fraction of sp³-hybridized carbons (Fsp3) is 0.500. The number of pyridine rings is 1. The minimum atomic E-state index is -0.466. The van der Waals surface area contributed by atoms with Crippen LogP contribution in [0.4, 0.5) is 11.5 Å². The first-order chi connectivity index (χ1) is 7.49. The lowest BCUT2D eigenvalue weighted by Crippen LogP contribution is -2.21. The van der Waals surface area contributed by atoms with Gasteiger partial charge in [0.05, 0.1) is 17.1 Å². The second-order valence-corrected chi connectivity index (χ2v) is 3.79. The lowest BCUT2D eigenvalue weighted by atomic mass is 10.1. The molecule has 0 radical (unpaired) electrons. The summed E-state index contributed by atoms with van der Waals surface area (Å²) in [7, 11) is 0.